The number of amides is 1. The average Bonchev–Trinajstić information content (AvgIpc) is 2.55. The SMILES string of the molecule is Cc1cc(=O)oc2cc(NC(=O)COc3ccc(F)c(Cl)c3)ccc12. The molecule has 0 aliphatic carbocycles. The summed E-state index contributed by atoms with van der Waals surface area (Å²) in [5.41, 5.74) is 1.19. The van der Waals surface area contributed by atoms with Gasteiger partial charge in [-0.05, 0) is 36.8 Å². The molecule has 1 N–H and O–H groups in total. The van der Waals surface area contributed by atoms with Crippen LogP contribution in [0.5, 0.6) is 5.75 Å². The molecule has 3 rings (SSSR count). The van der Waals surface area contributed by atoms with Crippen molar-refractivity contribution in [2.45, 2.75) is 6.92 Å². The van der Waals surface area contributed by atoms with Crippen molar-refractivity contribution < 1.29 is 18.3 Å². The van der Waals surface area contributed by atoms with Crippen LogP contribution in [0.15, 0.2) is 51.7 Å². The summed E-state index contributed by atoms with van der Waals surface area (Å²) in [7, 11) is 0. The Morgan fingerprint density at radius 2 is 2.04 bits per heavy atom. The summed E-state index contributed by atoms with van der Waals surface area (Å²) in [6.45, 7) is 1.52. The Kier molecular flexibility index (Phi) is 4.72. The quantitative estimate of drug-likeness (QED) is 0.715. The molecule has 0 saturated carbocycles. The Bertz CT molecular complexity index is 1020. The van der Waals surface area contributed by atoms with Gasteiger partial charge >= 0.3 is 5.63 Å². The third kappa shape index (κ3) is 3.97. The van der Waals surface area contributed by atoms with Crippen molar-refractivity contribution in [2.24, 2.45) is 0 Å². The van der Waals surface area contributed by atoms with Crippen LogP contribution in [0.1, 0.15) is 5.56 Å². The largest absolute Gasteiger partial charge is 0.484 e. The fraction of sp³-hybridized carbons (Fsp3) is 0.111. The summed E-state index contributed by atoms with van der Waals surface area (Å²) in [5, 5.41) is 3.34. The molecule has 1 heterocycles. The van der Waals surface area contributed by atoms with E-state index in [0.717, 1.165) is 17.0 Å². The van der Waals surface area contributed by atoms with Gasteiger partial charge in [-0.15, -0.1) is 0 Å². The number of hydrogen-bond acceptors (Lipinski definition) is 4. The molecule has 0 spiro atoms. The average molecular weight is 362 g/mol. The number of benzene rings is 2. The van der Waals surface area contributed by atoms with E-state index in [1.165, 1.54) is 18.2 Å². The topological polar surface area (TPSA) is 68.5 Å². The molecule has 0 radical (unpaired) electrons. The number of anilines is 1. The first-order valence-electron chi connectivity index (χ1n) is 7.34. The zero-order chi connectivity index (χ0) is 18.0. The predicted molar refractivity (Wildman–Crippen MR) is 92.8 cm³/mol. The van der Waals surface area contributed by atoms with Crippen molar-refractivity contribution in [1.82, 2.24) is 0 Å². The van der Waals surface area contributed by atoms with E-state index in [0.29, 0.717) is 11.3 Å². The van der Waals surface area contributed by atoms with Crippen LogP contribution in [0, 0.1) is 12.7 Å². The van der Waals surface area contributed by atoms with E-state index in [4.69, 9.17) is 20.8 Å². The maximum absolute atomic E-state index is 13.1. The summed E-state index contributed by atoms with van der Waals surface area (Å²) >= 11 is 5.65. The van der Waals surface area contributed by atoms with Crippen molar-refractivity contribution in [3.63, 3.8) is 0 Å². The molecule has 0 atom stereocenters. The summed E-state index contributed by atoms with van der Waals surface area (Å²) in [4.78, 5) is 23.4. The molecule has 0 aliphatic heterocycles. The Balaban J connectivity index is 1.69. The molecule has 0 saturated heterocycles. The van der Waals surface area contributed by atoms with Crippen LogP contribution in [0.2, 0.25) is 5.02 Å². The van der Waals surface area contributed by atoms with Crippen molar-refractivity contribution in [1.29, 1.82) is 0 Å². The van der Waals surface area contributed by atoms with Crippen LogP contribution in [-0.4, -0.2) is 12.5 Å². The second-order valence-corrected chi connectivity index (χ2v) is 5.78. The highest BCUT2D eigenvalue weighted by Crippen LogP contribution is 2.22. The lowest BCUT2D eigenvalue weighted by atomic mass is 10.1. The first kappa shape index (κ1) is 17.0. The van der Waals surface area contributed by atoms with E-state index in [1.54, 1.807) is 25.1 Å². The Hall–Kier alpha value is -2.86. The zero-order valence-corrected chi connectivity index (χ0v) is 13.9. The molecule has 1 amide bonds. The van der Waals surface area contributed by atoms with E-state index < -0.39 is 17.3 Å². The molecule has 5 nitrogen and oxygen atoms in total. The molecular formula is C18H13ClFNO4. The Morgan fingerprint density at radius 3 is 2.80 bits per heavy atom. The lowest BCUT2D eigenvalue weighted by Gasteiger charge is -2.09. The molecule has 0 unspecified atom stereocenters. The monoisotopic (exact) mass is 361 g/mol. The highest BCUT2D eigenvalue weighted by atomic mass is 35.5. The van der Waals surface area contributed by atoms with Crippen molar-refractivity contribution >= 4 is 34.2 Å². The number of halogens is 2. The number of aryl methyl sites for hydroxylation is 1. The van der Waals surface area contributed by atoms with E-state index >= 15 is 0 Å². The molecule has 7 heteroatoms. The molecular weight excluding hydrogens is 349 g/mol. The smallest absolute Gasteiger partial charge is 0.336 e. The summed E-state index contributed by atoms with van der Waals surface area (Å²) in [5.74, 6) is -0.706. The van der Waals surface area contributed by atoms with Gasteiger partial charge in [0, 0.05) is 29.3 Å². The minimum Gasteiger partial charge on any atom is -0.484 e. The van der Waals surface area contributed by atoms with Gasteiger partial charge < -0.3 is 14.5 Å². The normalized spacial score (nSPS) is 10.7. The number of nitrogens with one attached hydrogen (secondary N) is 1. The lowest BCUT2D eigenvalue weighted by molar-refractivity contribution is -0.118. The van der Waals surface area contributed by atoms with Gasteiger partial charge in [0.2, 0.25) is 0 Å². The third-order valence-corrected chi connectivity index (χ3v) is 3.79. The molecule has 0 bridgehead atoms. The van der Waals surface area contributed by atoms with Crippen molar-refractivity contribution in [2.75, 3.05) is 11.9 Å². The van der Waals surface area contributed by atoms with E-state index in [9.17, 15) is 14.0 Å². The first-order chi connectivity index (χ1) is 11.9. The highest BCUT2D eigenvalue weighted by molar-refractivity contribution is 6.30. The van der Waals surface area contributed by atoms with Gasteiger partial charge in [0.25, 0.3) is 5.91 Å². The van der Waals surface area contributed by atoms with Crippen molar-refractivity contribution in [3.8, 4) is 5.75 Å². The van der Waals surface area contributed by atoms with Gasteiger partial charge in [-0.2, -0.15) is 0 Å². The van der Waals surface area contributed by atoms with Gasteiger partial charge in [-0.25, -0.2) is 9.18 Å². The number of rotatable bonds is 4. The van der Waals surface area contributed by atoms with Crippen LogP contribution in [0.3, 0.4) is 0 Å². The third-order valence-electron chi connectivity index (χ3n) is 3.50. The number of ether oxygens (including phenoxy) is 1. The van der Waals surface area contributed by atoms with E-state index in [-0.39, 0.29) is 17.4 Å². The summed E-state index contributed by atoms with van der Waals surface area (Å²) in [6.07, 6.45) is 0. The maximum atomic E-state index is 13.1. The minimum atomic E-state index is -0.564. The molecule has 25 heavy (non-hydrogen) atoms. The number of carbonyl (C=O) groups excluding carboxylic acids is 1. The molecule has 0 aliphatic rings. The highest BCUT2D eigenvalue weighted by Gasteiger charge is 2.08. The summed E-state index contributed by atoms with van der Waals surface area (Å²) in [6, 6.07) is 10.2. The van der Waals surface area contributed by atoms with E-state index in [2.05, 4.69) is 5.32 Å². The standard InChI is InChI=1S/C18H13ClFNO4/c1-10-6-18(23)25-16-7-11(2-4-13(10)16)21-17(22)9-24-12-3-5-15(20)14(19)8-12/h2-8H,9H2,1H3,(H,21,22). The van der Waals surface area contributed by atoms with Crippen LogP contribution in [0.25, 0.3) is 11.0 Å². The minimum absolute atomic E-state index is 0.0853. The molecule has 1 aromatic heterocycles. The molecule has 0 fully saturated rings. The van der Waals surface area contributed by atoms with Gasteiger partial charge in [0.05, 0.1) is 5.02 Å². The second kappa shape index (κ2) is 6.94. The number of fused-ring (bicyclic) bond motifs is 1. The van der Waals surface area contributed by atoms with Gasteiger partial charge in [-0.1, -0.05) is 11.6 Å². The summed E-state index contributed by atoms with van der Waals surface area (Å²) < 4.78 is 23.5. The predicted octanol–water partition coefficient (Wildman–Crippen LogP) is 3.91. The molecule has 2 aromatic carbocycles. The van der Waals surface area contributed by atoms with Crippen LogP contribution < -0.4 is 15.7 Å². The van der Waals surface area contributed by atoms with Crippen molar-refractivity contribution in [3.05, 3.63) is 69.3 Å². The fourth-order valence-electron chi connectivity index (χ4n) is 2.32. The van der Waals surface area contributed by atoms with Crippen LogP contribution >= 0.6 is 11.6 Å². The number of carbonyl (C=O) groups is 1. The van der Waals surface area contributed by atoms with Crippen LogP contribution in [-0.2, 0) is 4.79 Å². The van der Waals surface area contributed by atoms with Gasteiger partial charge in [0.1, 0.15) is 17.1 Å². The molecule has 3 aromatic rings. The maximum Gasteiger partial charge on any atom is 0.336 e. The number of hydrogen-bond donors (Lipinski definition) is 1. The lowest BCUT2D eigenvalue weighted by Crippen LogP contribution is -2.20. The fourth-order valence-corrected chi connectivity index (χ4v) is 2.49. The first-order valence-corrected chi connectivity index (χ1v) is 7.72. The zero-order valence-electron chi connectivity index (χ0n) is 13.1. The second-order valence-electron chi connectivity index (χ2n) is 5.37. The Labute approximate surface area is 147 Å². The van der Waals surface area contributed by atoms with Gasteiger partial charge in [0.15, 0.2) is 6.61 Å². The van der Waals surface area contributed by atoms with Crippen LogP contribution in [0.4, 0.5) is 10.1 Å². The van der Waals surface area contributed by atoms with Gasteiger partial charge in [-0.3, -0.25) is 4.79 Å². The van der Waals surface area contributed by atoms with E-state index in [1.807, 2.05) is 0 Å². The Morgan fingerprint density at radius 1 is 1.24 bits per heavy atom. The molecule has 128 valence electrons.